The first-order chi connectivity index (χ1) is 12.5. The van der Waals surface area contributed by atoms with Crippen LogP contribution in [0.3, 0.4) is 0 Å². The van der Waals surface area contributed by atoms with Crippen molar-refractivity contribution >= 4 is 28.8 Å². The van der Waals surface area contributed by atoms with E-state index in [9.17, 15) is 9.59 Å². The molecule has 3 rings (SSSR count). The van der Waals surface area contributed by atoms with E-state index in [1.165, 1.54) is 6.92 Å². The number of aromatic nitrogens is 1. The van der Waals surface area contributed by atoms with Gasteiger partial charge in [-0.05, 0) is 44.5 Å². The number of carbonyl (C=O) groups is 2. The van der Waals surface area contributed by atoms with E-state index in [1.807, 2.05) is 11.8 Å². The van der Waals surface area contributed by atoms with Crippen molar-refractivity contribution < 1.29 is 9.59 Å². The highest BCUT2D eigenvalue weighted by Crippen LogP contribution is 2.14. The quantitative estimate of drug-likeness (QED) is 0.836. The largest absolute Gasteiger partial charge is 0.323 e. The van der Waals surface area contributed by atoms with Gasteiger partial charge in [-0.3, -0.25) is 9.69 Å². The minimum Gasteiger partial charge on any atom is -0.323 e. The number of ketones is 1. The Morgan fingerprint density at radius 3 is 2.58 bits per heavy atom. The van der Waals surface area contributed by atoms with Crippen LogP contribution in [0, 0.1) is 6.92 Å². The molecule has 0 aliphatic carbocycles. The molecule has 2 heterocycles. The van der Waals surface area contributed by atoms with E-state index in [1.54, 1.807) is 35.6 Å². The molecule has 1 aliphatic rings. The summed E-state index contributed by atoms with van der Waals surface area (Å²) in [5.41, 5.74) is 2.46. The number of nitrogens with one attached hydrogen (secondary N) is 1. The predicted octanol–water partition coefficient (Wildman–Crippen LogP) is 3.39. The minimum atomic E-state index is -0.0908. The predicted molar refractivity (Wildman–Crippen MR) is 104 cm³/mol. The summed E-state index contributed by atoms with van der Waals surface area (Å²) in [6.07, 6.45) is 0.944. The summed E-state index contributed by atoms with van der Waals surface area (Å²) in [6.45, 7) is 7.63. The van der Waals surface area contributed by atoms with Crippen LogP contribution in [0.1, 0.15) is 34.4 Å². The molecule has 26 heavy (non-hydrogen) atoms. The number of amides is 2. The van der Waals surface area contributed by atoms with Crippen LogP contribution in [-0.4, -0.2) is 52.8 Å². The van der Waals surface area contributed by atoms with Gasteiger partial charge in [-0.1, -0.05) is 0 Å². The van der Waals surface area contributed by atoms with Crippen LogP contribution in [0.15, 0.2) is 29.6 Å². The van der Waals surface area contributed by atoms with Crippen LogP contribution in [-0.2, 0) is 6.54 Å². The normalized spacial score (nSPS) is 15.5. The second-order valence-electron chi connectivity index (χ2n) is 6.54. The number of thiazole rings is 1. The SMILES string of the molecule is CC(=O)c1ccc(NC(=O)N2CCCN(Cc3csc(C)n3)CC2)cc1. The second-order valence-corrected chi connectivity index (χ2v) is 7.60. The smallest absolute Gasteiger partial charge is 0.321 e. The summed E-state index contributed by atoms with van der Waals surface area (Å²) in [4.78, 5) is 32.6. The van der Waals surface area contributed by atoms with Crippen molar-refractivity contribution in [1.29, 1.82) is 0 Å². The molecule has 1 saturated heterocycles. The lowest BCUT2D eigenvalue weighted by Crippen LogP contribution is -2.38. The molecule has 6 nitrogen and oxygen atoms in total. The van der Waals surface area contributed by atoms with Gasteiger partial charge in [-0.2, -0.15) is 0 Å². The third-order valence-electron chi connectivity index (χ3n) is 4.47. The van der Waals surface area contributed by atoms with Gasteiger partial charge in [0.2, 0.25) is 0 Å². The average molecular weight is 372 g/mol. The van der Waals surface area contributed by atoms with Crippen molar-refractivity contribution in [2.75, 3.05) is 31.5 Å². The summed E-state index contributed by atoms with van der Waals surface area (Å²) in [7, 11) is 0. The van der Waals surface area contributed by atoms with E-state index >= 15 is 0 Å². The first-order valence-corrected chi connectivity index (χ1v) is 9.69. The van der Waals surface area contributed by atoms with Crippen molar-refractivity contribution in [3.63, 3.8) is 0 Å². The number of anilines is 1. The molecule has 138 valence electrons. The lowest BCUT2D eigenvalue weighted by atomic mass is 10.1. The zero-order valence-corrected chi connectivity index (χ0v) is 16.0. The van der Waals surface area contributed by atoms with E-state index in [0.29, 0.717) is 17.8 Å². The maximum Gasteiger partial charge on any atom is 0.321 e. The van der Waals surface area contributed by atoms with Gasteiger partial charge in [-0.25, -0.2) is 9.78 Å². The number of benzene rings is 1. The molecule has 1 N–H and O–H groups in total. The third kappa shape index (κ3) is 4.89. The fourth-order valence-corrected chi connectivity index (χ4v) is 3.64. The van der Waals surface area contributed by atoms with Gasteiger partial charge in [0.25, 0.3) is 0 Å². The van der Waals surface area contributed by atoms with Crippen molar-refractivity contribution in [3.8, 4) is 0 Å². The molecule has 0 bridgehead atoms. The number of Topliss-reactive ketones (excluding diaryl/α,β-unsaturated/α-hetero) is 1. The number of aryl methyl sites for hydroxylation is 1. The fourth-order valence-electron chi connectivity index (χ4n) is 3.03. The Labute approximate surface area is 157 Å². The highest BCUT2D eigenvalue weighted by Gasteiger charge is 2.19. The average Bonchev–Trinajstić information content (AvgIpc) is 2.88. The Hall–Kier alpha value is -2.25. The third-order valence-corrected chi connectivity index (χ3v) is 5.29. The monoisotopic (exact) mass is 372 g/mol. The van der Waals surface area contributed by atoms with Gasteiger partial charge in [0, 0.05) is 49.4 Å². The molecule has 0 saturated carbocycles. The van der Waals surface area contributed by atoms with Crippen LogP contribution >= 0.6 is 11.3 Å². The summed E-state index contributed by atoms with van der Waals surface area (Å²) in [5, 5.41) is 6.12. The number of urea groups is 1. The molecule has 1 aromatic carbocycles. The zero-order valence-electron chi connectivity index (χ0n) is 15.2. The summed E-state index contributed by atoms with van der Waals surface area (Å²) in [6, 6.07) is 6.91. The second kappa shape index (κ2) is 8.42. The lowest BCUT2D eigenvalue weighted by molar-refractivity contribution is 0.101. The van der Waals surface area contributed by atoms with E-state index < -0.39 is 0 Å². The van der Waals surface area contributed by atoms with Crippen LogP contribution in [0.2, 0.25) is 0 Å². The van der Waals surface area contributed by atoms with Gasteiger partial charge >= 0.3 is 6.03 Å². The van der Waals surface area contributed by atoms with Crippen molar-refractivity contribution in [1.82, 2.24) is 14.8 Å². The number of rotatable bonds is 4. The molecular weight excluding hydrogens is 348 g/mol. The first kappa shape index (κ1) is 18.5. The molecule has 0 radical (unpaired) electrons. The summed E-state index contributed by atoms with van der Waals surface area (Å²) in [5.74, 6) is 0.0193. The van der Waals surface area contributed by atoms with E-state index in [2.05, 4.69) is 20.6 Å². The minimum absolute atomic E-state index is 0.0193. The molecule has 1 aromatic heterocycles. The number of hydrogen-bond acceptors (Lipinski definition) is 5. The molecule has 7 heteroatoms. The highest BCUT2D eigenvalue weighted by atomic mass is 32.1. The van der Waals surface area contributed by atoms with Gasteiger partial charge in [0.1, 0.15) is 0 Å². The number of nitrogens with zero attached hydrogens (tertiary/aromatic N) is 3. The van der Waals surface area contributed by atoms with Gasteiger partial charge in [0.15, 0.2) is 5.78 Å². The Bertz CT molecular complexity index is 772. The molecular formula is C19H24N4O2S. The number of carbonyl (C=O) groups excluding carboxylic acids is 2. The first-order valence-electron chi connectivity index (χ1n) is 8.81. The van der Waals surface area contributed by atoms with Crippen LogP contribution in [0.5, 0.6) is 0 Å². The molecule has 1 fully saturated rings. The van der Waals surface area contributed by atoms with Crippen LogP contribution in [0.4, 0.5) is 10.5 Å². The highest BCUT2D eigenvalue weighted by molar-refractivity contribution is 7.09. The summed E-state index contributed by atoms with van der Waals surface area (Å²) >= 11 is 1.67. The van der Waals surface area contributed by atoms with E-state index in [-0.39, 0.29) is 11.8 Å². The number of hydrogen-bond donors (Lipinski definition) is 1. The van der Waals surface area contributed by atoms with Gasteiger partial charge in [-0.15, -0.1) is 11.3 Å². The van der Waals surface area contributed by atoms with E-state index in [0.717, 1.165) is 43.3 Å². The van der Waals surface area contributed by atoms with Gasteiger partial charge < -0.3 is 10.2 Å². The van der Waals surface area contributed by atoms with Gasteiger partial charge in [0.05, 0.1) is 10.7 Å². The zero-order chi connectivity index (χ0) is 18.5. The maximum absolute atomic E-state index is 12.5. The maximum atomic E-state index is 12.5. The molecule has 0 spiro atoms. The Balaban J connectivity index is 1.53. The molecule has 1 aliphatic heterocycles. The van der Waals surface area contributed by atoms with Crippen LogP contribution in [0.25, 0.3) is 0 Å². The Morgan fingerprint density at radius 1 is 1.15 bits per heavy atom. The van der Waals surface area contributed by atoms with Crippen molar-refractivity contribution in [2.24, 2.45) is 0 Å². The summed E-state index contributed by atoms with van der Waals surface area (Å²) < 4.78 is 0. The molecule has 0 unspecified atom stereocenters. The Morgan fingerprint density at radius 2 is 1.92 bits per heavy atom. The van der Waals surface area contributed by atoms with E-state index in [4.69, 9.17) is 0 Å². The molecule has 0 atom stereocenters. The fraction of sp³-hybridized carbons (Fsp3) is 0.421. The molecule has 2 amide bonds. The topological polar surface area (TPSA) is 65.5 Å². The van der Waals surface area contributed by atoms with Crippen molar-refractivity contribution in [2.45, 2.75) is 26.8 Å². The standard InChI is InChI=1S/C19H24N4O2S/c1-14(24)16-4-6-17(7-5-16)21-19(25)23-9-3-8-22(10-11-23)12-18-13-26-15(2)20-18/h4-7,13H,3,8-12H2,1-2H3,(H,21,25). The molecule has 2 aromatic rings. The van der Waals surface area contributed by atoms with Crippen LogP contribution < -0.4 is 5.32 Å². The van der Waals surface area contributed by atoms with Crippen molar-refractivity contribution in [3.05, 3.63) is 45.9 Å². The Kier molecular flexibility index (Phi) is 6.00. The lowest BCUT2D eigenvalue weighted by Gasteiger charge is -2.22.